The maximum Gasteiger partial charge on any atom is 0.124 e. The highest BCUT2D eigenvalue weighted by Crippen LogP contribution is 2.30. The number of rotatable bonds is 4. The molecule has 19 heavy (non-hydrogen) atoms. The lowest BCUT2D eigenvalue weighted by Crippen LogP contribution is -2.27. The number of benzene rings is 1. The van der Waals surface area contributed by atoms with E-state index in [9.17, 15) is 0 Å². The molecule has 2 heteroatoms. The summed E-state index contributed by atoms with van der Waals surface area (Å²) in [6, 6.07) is 2.32. The second kappa shape index (κ2) is 6.42. The molecular formula is C17H27NO. The number of methoxy groups -OCH3 is 1. The van der Waals surface area contributed by atoms with Gasteiger partial charge in [-0.2, -0.15) is 0 Å². The third-order valence-electron chi connectivity index (χ3n) is 4.62. The van der Waals surface area contributed by atoms with Crippen LogP contribution in [0.4, 0.5) is 0 Å². The summed E-state index contributed by atoms with van der Waals surface area (Å²) in [5, 5.41) is 3.44. The summed E-state index contributed by atoms with van der Waals surface area (Å²) >= 11 is 0. The van der Waals surface area contributed by atoms with Gasteiger partial charge in [-0.3, -0.25) is 0 Å². The van der Waals surface area contributed by atoms with Gasteiger partial charge in [-0.1, -0.05) is 6.07 Å². The van der Waals surface area contributed by atoms with Crippen molar-refractivity contribution in [3.63, 3.8) is 0 Å². The third kappa shape index (κ3) is 3.30. The molecule has 2 rings (SSSR count). The molecule has 1 N–H and O–H groups in total. The molecule has 1 aromatic carbocycles. The summed E-state index contributed by atoms with van der Waals surface area (Å²) in [7, 11) is 1.77. The van der Waals surface area contributed by atoms with Crippen LogP contribution in [0.5, 0.6) is 5.75 Å². The molecule has 1 aliphatic rings. The minimum atomic E-state index is 0.906. The smallest absolute Gasteiger partial charge is 0.124 e. The molecule has 1 fully saturated rings. The van der Waals surface area contributed by atoms with E-state index in [4.69, 9.17) is 4.74 Å². The average molecular weight is 261 g/mol. The van der Waals surface area contributed by atoms with Crippen molar-refractivity contribution in [2.24, 2.45) is 5.92 Å². The topological polar surface area (TPSA) is 21.3 Å². The standard InChI is InChI=1S/C17H27NO/c1-12-11-16(13(2)14(3)17(12)19-4)6-5-15-7-9-18-10-8-15/h11,15,18H,5-10H2,1-4H3. The van der Waals surface area contributed by atoms with Gasteiger partial charge in [-0.25, -0.2) is 0 Å². The molecule has 2 nitrogen and oxygen atoms in total. The van der Waals surface area contributed by atoms with Crippen LogP contribution >= 0.6 is 0 Å². The van der Waals surface area contributed by atoms with E-state index in [2.05, 4.69) is 32.2 Å². The summed E-state index contributed by atoms with van der Waals surface area (Å²) < 4.78 is 5.50. The van der Waals surface area contributed by atoms with Crippen LogP contribution in [0.15, 0.2) is 6.07 Å². The first-order valence-electron chi connectivity index (χ1n) is 7.48. The fraction of sp³-hybridized carbons (Fsp3) is 0.647. The van der Waals surface area contributed by atoms with Crippen LogP contribution in [0.25, 0.3) is 0 Å². The Morgan fingerprint density at radius 3 is 2.47 bits per heavy atom. The molecule has 106 valence electrons. The van der Waals surface area contributed by atoms with Crippen LogP contribution in [0.1, 0.15) is 41.5 Å². The molecule has 1 aliphatic heterocycles. The third-order valence-corrected chi connectivity index (χ3v) is 4.62. The lowest BCUT2D eigenvalue weighted by atomic mass is 9.88. The fourth-order valence-corrected chi connectivity index (χ4v) is 3.25. The number of ether oxygens (including phenoxy) is 1. The van der Waals surface area contributed by atoms with E-state index in [1.54, 1.807) is 7.11 Å². The number of piperidine rings is 1. The van der Waals surface area contributed by atoms with Crippen LogP contribution in [0, 0.1) is 26.7 Å². The fourth-order valence-electron chi connectivity index (χ4n) is 3.25. The Bertz CT molecular complexity index is 433. The van der Waals surface area contributed by atoms with Crippen LogP contribution in [0.3, 0.4) is 0 Å². The Kier molecular flexibility index (Phi) is 4.87. The predicted octanol–water partition coefficient (Wildman–Crippen LogP) is 3.55. The summed E-state index contributed by atoms with van der Waals surface area (Å²) in [4.78, 5) is 0. The van der Waals surface area contributed by atoms with Crippen LogP contribution in [-0.4, -0.2) is 20.2 Å². The molecule has 0 bridgehead atoms. The van der Waals surface area contributed by atoms with Crippen LogP contribution < -0.4 is 10.1 Å². The number of nitrogens with one attached hydrogen (secondary N) is 1. The molecule has 1 saturated heterocycles. The molecule has 0 unspecified atom stereocenters. The zero-order chi connectivity index (χ0) is 13.8. The van der Waals surface area contributed by atoms with Gasteiger partial charge in [0.05, 0.1) is 7.11 Å². The molecule has 0 aromatic heterocycles. The van der Waals surface area contributed by atoms with E-state index in [0.717, 1.165) is 11.7 Å². The van der Waals surface area contributed by atoms with Crippen LogP contribution in [0.2, 0.25) is 0 Å². The lowest BCUT2D eigenvalue weighted by Gasteiger charge is -2.23. The van der Waals surface area contributed by atoms with E-state index >= 15 is 0 Å². The molecule has 0 amide bonds. The molecular weight excluding hydrogens is 234 g/mol. The van der Waals surface area contributed by atoms with Gasteiger partial charge >= 0.3 is 0 Å². The van der Waals surface area contributed by atoms with E-state index in [-0.39, 0.29) is 0 Å². The molecule has 0 radical (unpaired) electrons. The van der Waals surface area contributed by atoms with Crippen molar-refractivity contribution in [1.29, 1.82) is 0 Å². The van der Waals surface area contributed by atoms with Crippen molar-refractivity contribution in [3.05, 3.63) is 28.3 Å². The largest absolute Gasteiger partial charge is 0.496 e. The van der Waals surface area contributed by atoms with Gasteiger partial charge in [-0.05, 0) is 87.7 Å². The van der Waals surface area contributed by atoms with E-state index in [1.165, 1.54) is 61.0 Å². The number of hydrogen-bond acceptors (Lipinski definition) is 2. The van der Waals surface area contributed by atoms with E-state index < -0.39 is 0 Å². The van der Waals surface area contributed by atoms with Gasteiger partial charge in [0, 0.05) is 0 Å². The normalized spacial score (nSPS) is 16.6. The predicted molar refractivity (Wildman–Crippen MR) is 81.1 cm³/mol. The molecule has 1 heterocycles. The van der Waals surface area contributed by atoms with Crippen molar-refractivity contribution in [2.75, 3.05) is 20.2 Å². The first kappa shape index (κ1) is 14.4. The minimum absolute atomic E-state index is 0.906. The van der Waals surface area contributed by atoms with E-state index in [1.807, 2.05) is 0 Å². The molecule has 0 atom stereocenters. The second-order valence-corrected chi connectivity index (χ2v) is 5.87. The van der Waals surface area contributed by atoms with Gasteiger partial charge in [0.2, 0.25) is 0 Å². The Hall–Kier alpha value is -1.02. The quantitative estimate of drug-likeness (QED) is 0.895. The first-order valence-corrected chi connectivity index (χ1v) is 7.48. The highest BCUT2D eigenvalue weighted by molar-refractivity contribution is 5.49. The Labute approximate surface area is 117 Å². The maximum atomic E-state index is 5.50. The average Bonchev–Trinajstić information content (AvgIpc) is 2.43. The van der Waals surface area contributed by atoms with Gasteiger partial charge in [0.15, 0.2) is 0 Å². The second-order valence-electron chi connectivity index (χ2n) is 5.87. The zero-order valence-corrected chi connectivity index (χ0v) is 12.8. The molecule has 1 aromatic rings. The van der Waals surface area contributed by atoms with Crippen molar-refractivity contribution in [2.45, 2.75) is 46.5 Å². The van der Waals surface area contributed by atoms with Gasteiger partial charge in [0.1, 0.15) is 5.75 Å². The Morgan fingerprint density at radius 1 is 1.16 bits per heavy atom. The zero-order valence-electron chi connectivity index (χ0n) is 12.8. The van der Waals surface area contributed by atoms with Crippen molar-refractivity contribution >= 4 is 0 Å². The first-order chi connectivity index (χ1) is 9.13. The monoisotopic (exact) mass is 261 g/mol. The van der Waals surface area contributed by atoms with Gasteiger partial charge < -0.3 is 10.1 Å². The van der Waals surface area contributed by atoms with Crippen molar-refractivity contribution in [3.8, 4) is 5.75 Å². The highest BCUT2D eigenvalue weighted by Gasteiger charge is 2.15. The SMILES string of the molecule is COc1c(C)cc(CCC2CCNCC2)c(C)c1C. The molecule has 0 aliphatic carbocycles. The molecule has 0 spiro atoms. The summed E-state index contributed by atoms with van der Waals surface area (Å²) in [6.07, 6.45) is 5.22. The number of hydrogen-bond donors (Lipinski definition) is 1. The van der Waals surface area contributed by atoms with Crippen LogP contribution in [-0.2, 0) is 6.42 Å². The summed E-state index contributed by atoms with van der Waals surface area (Å²) in [6.45, 7) is 8.96. The Balaban J connectivity index is 2.07. The van der Waals surface area contributed by atoms with Gasteiger partial charge in [-0.15, -0.1) is 0 Å². The number of aryl methyl sites for hydroxylation is 2. The maximum absolute atomic E-state index is 5.50. The summed E-state index contributed by atoms with van der Waals surface area (Å²) in [5.41, 5.74) is 5.50. The summed E-state index contributed by atoms with van der Waals surface area (Å²) in [5.74, 6) is 1.96. The minimum Gasteiger partial charge on any atom is -0.496 e. The Morgan fingerprint density at radius 2 is 1.84 bits per heavy atom. The lowest BCUT2D eigenvalue weighted by molar-refractivity contribution is 0.354. The van der Waals surface area contributed by atoms with E-state index in [0.29, 0.717) is 0 Å². The van der Waals surface area contributed by atoms with Crippen molar-refractivity contribution in [1.82, 2.24) is 5.32 Å². The molecule has 0 saturated carbocycles. The van der Waals surface area contributed by atoms with Gasteiger partial charge in [0.25, 0.3) is 0 Å². The van der Waals surface area contributed by atoms with Crippen molar-refractivity contribution < 1.29 is 4.74 Å². The highest BCUT2D eigenvalue weighted by atomic mass is 16.5.